The summed E-state index contributed by atoms with van der Waals surface area (Å²) >= 11 is 0. The first-order valence-corrected chi connectivity index (χ1v) is 6.05. The van der Waals surface area contributed by atoms with Gasteiger partial charge in [0.15, 0.2) is 5.82 Å². The highest BCUT2D eigenvalue weighted by Crippen LogP contribution is 2.13. The Labute approximate surface area is 105 Å². The van der Waals surface area contributed by atoms with Gasteiger partial charge in [-0.3, -0.25) is 14.5 Å². The van der Waals surface area contributed by atoms with Crippen LogP contribution in [0.25, 0.3) is 0 Å². The van der Waals surface area contributed by atoms with Crippen molar-refractivity contribution < 1.29 is 14.1 Å². The highest BCUT2D eigenvalue weighted by molar-refractivity contribution is 6.05. The molecule has 2 rings (SSSR count). The highest BCUT2D eigenvalue weighted by Gasteiger charge is 2.37. The van der Waals surface area contributed by atoms with E-state index in [4.69, 9.17) is 0 Å². The number of nitrogens with zero attached hydrogens (tertiary/aromatic N) is 3. The van der Waals surface area contributed by atoms with Crippen molar-refractivity contribution >= 4 is 11.8 Å². The second kappa shape index (κ2) is 5.72. The summed E-state index contributed by atoms with van der Waals surface area (Å²) in [5.41, 5.74) is 0. The van der Waals surface area contributed by atoms with E-state index in [0.29, 0.717) is 25.3 Å². The van der Waals surface area contributed by atoms with E-state index in [-0.39, 0.29) is 18.2 Å². The molecule has 1 atom stereocenters. The Morgan fingerprint density at radius 2 is 2.39 bits per heavy atom. The van der Waals surface area contributed by atoms with Gasteiger partial charge in [0.2, 0.25) is 18.2 Å². The molecule has 18 heavy (non-hydrogen) atoms. The molecule has 1 saturated heterocycles. The minimum Gasteiger partial charge on any atom is -0.343 e. The van der Waals surface area contributed by atoms with Gasteiger partial charge in [-0.2, -0.15) is 4.98 Å². The number of imide groups is 1. The lowest BCUT2D eigenvalue weighted by molar-refractivity contribution is -0.138. The van der Waals surface area contributed by atoms with Gasteiger partial charge < -0.3 is 9.84 Å². The van der Waals surface area contributed by atoms with Gasteiger partial charge in [-0.05, 0) is 6.42 Å². The zero-order valence-corrected chi connectivity index (χ0v) is 10.3. The fraction of sp³-hybridized carbons (Fsp3) is 0.636. The summed E-state index contributed by atoms with van der Waals surface area (Å²) in [7, 11) is 0. The second-order valence-corrected chi connectivity index (χ2v) is 4.19. The smallest absolute Gasteiger partial charge is 0.246 e. The van der Waals surface area contributed by atoms with Gasteiger partial charge in [-0.15, -0.1) is 0 Å². The lowest BCUT2D eigenvalue weighted by Crippen LogP contribution is -2.39. The molecule has 0 aliphatic carbocycles. The van der Waals surface area contributed by atoms with Gasteiger partial charge in [0.1, 0.15) is 0 Å². The molecule has 7 nitrogen and oxygen atoms in total. The Morgan fingerprint density at radius 1 is 1.56 bits per heavy atom. The van der Waals surface area contributed by atoms with Crippen LogP contribution in [0.15, 0.2) is 10.9 Å². The van der Waals surface area contributed by atoms with E-state index in [1.807, 2.05) is 6.92 Å². The molecule has 1 N–H and O–H groups in total. The van der Waals surface area contributed by atoms with Crippen molar-refractivity contribution in [3.8, 4) is 0 Å². The van der Waals surface area contributed by atoms with Crippen molar-refractivity contribution in [1.29, 1.82) is 0 Å². The number of carbonyl (C=O) groups excluding carboxylic acids is 2. The molecule has 2 heterocycles. The van der Waals surface area contributed by atoms with Gasteiger partial charge >= 0.3 is 0 Å². The van der Waals surface area contributed by atoms with Gasteiger partial charge in [0.25, 0.3) is 0 Å². The highest BCUT2D eigenvalue weighted by atomic mass is 16.5. The SMILES string of the molecule is CCCN1C(=O)CC(NCCc2ncon2)C1=O. The van der Waals surface area contributed by atoms with Crippen LogP contribution >= 0.6 is 0 Å². The molecule has 1 fully saturated rings. The maximum Gasteiger partial charge on any atom is 0.246 e. The molecular formula is C11H16N4O3. The van der Waals surface area contributed by atoms with Crippen molar-refractivity contribution in [1.82, 2.24) is 20.4 Å². The average molecular weight is 252 g/mol. The van der Waals surface area contributed by atoms with Gasteiger partial charge in [0, 0.05) is 19.5 Å². The monoisotopic (exact) mass is 252 g/mol. The van der Waals surface area contributed by atoms with Gasteiger partial charge in [-0.1, -0.05) is 12.1 Å². The Bertz CT molecular complexity index is 418. The van der Waals surface area contributed by atoms with E-state index < -0.39 is 6.04 Å². The van der Waals surface area contributed by atoms with Crippen LogP contribution in [0.5, 0.6) is 0 Å². The van der Waals surface area contributed by atoms with Gasteiger partial charge in [0.05, 0.1) is 12.5 Å². The minimum atomic E-state index is -0.407. The first-order valence-electron chi connectivity index (χ1n) is 6.05. The van der Waals surface area contributed by atoms with Crippen LogP contribution in [-0.4, -0.2) is 46.0 Å². The number of likely N-dealkylation sites (tertiary alicyclic amines) is 1. The minimum absolute atomic E-state index is 0.0982. The number of amides is 2. The largest absolute Gasteiger partial charge is 0.343 e. The van der Waals surface area contributed by atoms with Crippen LogP contribution < -0.4 is 5.32 Å². The molecule has 0 bridgehead atoms. The zero-order valence-electron chi connectivity index (χ0n) is 10.3. The number of hydrogen-bond donors (Lipinski definition) is 1. The Kier molecular flexibility index (Phi) is 4.03. The van der Waals surface area contributed by atoms with Crippen LogP contribution in [0.1, 0.15) is 25.6 Å². The molecule has 2 amide bonds. The van der Waals surface area contributed by atoms with Crippen molar-refractivity contribution in [2.45, 2.75) is 32.2 Å². The lowest BCUT2D eigenvalue weighted by atomic mass is 10.2. The van der Waals surface area contributed by atoms with Gasteiger partial charge in [-0.25, -0.2) is 0 Å². The summed E-state index contributed by atoms with van der Waals surface area (Å²) in [5, 5.41) is 6.73. The van der Waals surface area contributed by atoms with Crippen LogP contribution in [0.3, 0.4) is 0 Å². The van der Waals surface area contributed by atoms with Crippen molar-refractivity contribution in [3.05, 3.63) is 12.2 Å². The maximum atomic E-state index is 11.9. The first kappa shape index (κ1) is 12.7. The summed E-state index contributed by atoms with van der Waals surface area (Å²) in [5.74, 6) is 0.360. The molecule has 1 aliphatic rings. The van der Waals surface area contributed by atoms with Crippen molar-refractivity contribution in [3.63, 3.8) is 0 Å². The fourth-order valence-electron chi connectivity index (χ4n) is 1.96. The van der Waals surface area contributed by atoms with E-state index in [2.05, 4.69) is 20.0 Å². The van der Waals surface area contributed by atoms with E-state index in [1.54, 1.807) is 0 Å². The summed E-state index contributed by atoms with van der Waals surface area (Å²) in [6.07, 6.45) is 2.86. The quantitative estimate of drug-likeness (QED) is 0.702. The predicted molar refractivity (Wildman–Crippen MR) is 61.4 cm³/mol. The topological polar surface area (TPSA) is 88.3 Å². The number of hydrogen-bond acceptors (Lipinski definition) is 6. The Morgan fingerprint density at radius 3 is 3.06 bits per heavy atom. The van der Waals surface area contributed by atoms with Crippen molar-refractivity contribution in [2.75, 3.05) is 13.1 Å². The molecule has 98 valence electrons. The molecular weight excluding hydrogens is 236 g/mol. The molecule has 1 unspecified atom stereocenters. The zero-order chi connectivity index (χ0) is 13.0. The molecule has 0 aromatic carbocycles. The molecule has 0 saturated carbocycles. The van der Waals surface area contributed by atoms with Crippen LogP contribution in [0.4, 0.5) is 0 Å². The lowest BCUT2D eigenvalue weighted by Gasteiger charge is -2.13. The summed E-state index contributed by atoms with van der Waals surface area (Å²) < 4.78 is 4.61. The molecule has 1 aromatic rings. The third kappa shape index (κ3) is 2.73. The van der Waals surface area contributed by atoms with Crippen LogP contribution in [-0.2, 0) is 16.0 Å². The number of rotatable bonds is 6. The van der Waals surface area contributed by atoms with Crippen LogP contribution in [0, 0.1) is 0 Å². The van der Waals surface area contributed by atoms with E-state index in [1.165, 1.54) is 11.3 Å². The molecule has 7 heteroatoms. The average Bonchev–Trinajstić information content (AvgIpc) is 2.94. The first-order chi connectivity index (χ1) is 8.72. The maximum absolute atomic E-state index is 11.9. The third-order valence-corrected chi connectivity index (χ3v) is 2.84. The standard InChI is InChI=1S/C11H16N4O3/c1-2-5-15-10(16)6-8(11(15)17)12-4-3-9-13-7-18-14-9/h7-8,12H,2-6H2,1H3. The number of nitrogens with one attached hydrogen (secondary N) is 1. The number of carbonyl (C=O) groups is 2. The van der Waals surface area contributed by atoms with E-state index in [0.717, 1.165) is 6.42 Å². The molecule has 0 spiro atoms. The normalized spacial score (nSPS) is 19.8. The van der Waals surface area contributed by atoms with E-state index in [9.17, 15) is 9.59 Å². The predicted octanol–water partition coefficient (Wildman–Crippen LogP) is -0.261. The molecule has 1 aliphatic heterocycles. The molecule has 0 radical (unpaired) electrons. The van der Waals surface area contributed by atoms with E-state index >= 15 is 0 Å². The summed E-state index contributed by atoms with van der Waals surface area (Å²) in [6.45, 7) is 2.99. The molecule has 1 aromatic heterocycles. The fourth-order valence-corrected chi connectivity index (χ4v) is 1.96. The van der Waals surface area contributed by atoms with Crippen LogP contribution in [0.2, 0.25) is 0 Å². The summed E-state index contributed by atoms with van der Waals surface area (Å²) in [6, 6.07) is -0.407. The Balaban J connectivity index is 1.80. The summed E-state index contributed by atoms with van der Waals surface area (Å²) in [4.78, 5) is 28.7. The third-order valence-electron chi connectivity index (χ3n) is 2.84. The Hall–Kier alpha value is -1.76. The van der Waals surface area contributed by atoms with Crippen molar-refractivity contribution in [2.24, 2.45) is 0 Å². The number of aromatic nitrogens is 2. The second-order valence-electron chi connectivity index (χ2n) is 4.19.